The van der Waals surface area contributed by atoms with Crippen LogP contribution in [0.2, 0.25) is 0 Å². The molecule has 1 aliphatic carbocycles. The van der Waals surface area contributed by atoms with Gasteiger partial charge in [0, 0.05) is 25.6 Å². The third-order valence-corrected chi connectivity index (χ3v) is 6.38. The molecule has 4 heteroatoms. The van der Waals surface area contributed by atoms with Crippen LogP contribution in [0.25, 0.3) is 0 Å². The Morgan fingerprint density at radius 3 is 2.67 bits per heavy atom. The summed E-state index contributed by atoms with van der Waals surface area (Å²) in [6.45, 7) is 9.79. The SMILES string of the molecule is Cc1ccc(CN2CCC3(CC2)CN(C)C[C@@H]3COCC2CC2)o1. The summed E-state index contributed by atoms with van der Waals surface area (Å²) >= 11 is 0. The molecule has 0 N–H and O–H groups in total. The summed E-state index contributed by atoms with van der Waals surface area (Å²) in [6.07, 6.45) is 5.37. The average molecular weight is 332 g/mol. The van der Waals surface area contributed by atoms with E-state index in [9.17, 15) is 0 Å². The summed E-state index contributed by atoms with van der Waals surface area (Å²) in [4.78, 5) is 5.08. The molecule has 3 aliphatic rings. The monoisotopic (exact) mass is 332 g/mol. The van der Waals surface area contributed by atoms with Crippen LogP contribution >= 0.6 is 0 Å². The van der Waals surface area contributed by atoms with E-state index in [0.29, 0.717) is 11.3 Å². The second kappa shape index (κ2) is 6.81. The first-order valence-corrected chi connectivity index (χ1v) is 9.67. The van der Waals surface area contributed by atoms with Gasteiger partial charge in [-0.3, -0.25) is 4.90 Å². The Morgan fingerprint density at radius 2 is 2.00 bits per heavy atom. The first-order valence-electron chi connectivity index (χ1n) is 9.67. The van der Waals surface area contributed by atoms with Crippen LogP contribution in [0, 0.1) is 24.2 Å². The van der Waals surface area contributed by atoms with Gasteiger partial charge in [0.05, 0.1) is 13.2 Å². The van der Waals surface area contributed by atoms with E-state index < -0.39 is 0 Å². The van der Waals surface area contributed by atoms with Crippen LogP contribution < -0.4 is 0 Å². The molecule has 1 aromatic rings. The van der Waals surface area contributed by atoms with Gasteiger partial charge in [0.2, 0.25) is 0 Å². The molecule has 0 aromatic carbocycles. The van der Waals surface area contributed by atoms with Gasteiger partial charge < -0.3 is 14.1 Å². The van der Waals surface area contributed by atoms with Crippen molar-refractivity contribution in [3.05, 3.63) is 23.7 Å². The predicted octanol–water partition coefficient (Wildman–Crippen LogP) is 3.16. The maximum absolute atomic E-state index is 6.09. The summed E-state index contributed by atoms with van der Waals surface area (Å²) in [5, 5.41) is 0. The van der Waals surface area contributed by atoms with Crippen LogP contribution in [-0.4, -0.2) is 56.2 Å². The fourth-order valence-electron chi connectivity index (χ4n) is 4.71. The van der Waals surface area contributed by atoms with Crippen molar-refractivity contribution in [1.82, 2.24) is 9.80 Å². The minimum Gasteiger partial charge on any atom is -0.465 e. The third-order valence-electron chi connectivity index (χ3n) is 6.38. The number of aryl methyl sites for hydroxylation is 1. The Balaban J connectivity index is 1.31. The van der Waals surface area contributed by atoms with Crippen molar-refractivity contribution in [2.75, 3.05) is 46.4 Å². The van der Waals surface area contributed by atoms with Gasteiger partial charge in [0.1, 0.15) is 11.5 Å². The van der Waals surface area contributed by atoms with E-state index in [-0.39, 0.29) is 0 Å². The van der Waals surface area contributed by atoms with Crippen molar-refractivity contribution in [1.29, 1.82) is 0 Å². The molecular weight excluding hydrogens is 300 g/mol. The maximum atomic E-state index is 6.09. The Kier molecular flexibility index (Phi) is 4.72. The highest BCUT2D eigenvalue weighted by atomic mass is 16.5. The molecule has 0 unspecified atom stereocenters. The molecule has 1 aromatic heterocycles. The maximum Gasteiger partial charge on any atom is 0.118 e. The first-order chi connectivity index (χ1) is 11.6. The van der Waals surface area contributed by atoms with E-state index in [0.717, 1.165) is 37.2 Å². The van der Waals surface area contributed by atoms with Gasteiger partial charge in [-0.05, 0) is 76.2 Å². The molecule has 1 spiro atoms. The van der Waals surface area contributed by atoms with E-state index in [4.69, 9.17) is 9.15 Å². The number of nitrogens with zero attached hydrogens (tertiary/aromatic N) is 2. The number of hydrogen-bond acceptors (Lipinski definition) is 4. The summed E-state index contributed by atoms with van der Waals surface area (Å²) in [5.74, 6) is 3.72. The highest BCUT2D eigenvalue weighted by Gasteiger charge is 2.47. The molecule has 2 saturated heterocycles. The summed E-state index contributed by atoms with van der Waals surface area (Å²) < 4.78 is 11.8. The van der Waals surface area contributed by atoms with Crippen LogP contribution in [0.5, 0.6) is 0 Å². The van der Waals surface area contributed by atoms with Crippen molar-refractivity contribution in [2.45, 2.75) is 39.2 Å². The third kappa shape index (κ3) is 3.71. The zero-order valence-corrected chi connectivity index (χ0v) is 15.3. The molecular formula is C20H32N2O2. The zero-order valence-electron chi connectivity index (χ0n) is 15.3. The van der Waals surface area contributed by atoms with Crippen LogP contribution in [-0.2, 0) is 11.3 Å². The van der Waals surface area contributed by atoms with E-state index in [1.165, 1.54) is 51.9 Å². The Labute approximate surface area is 146 Å². The van der Waals surface area contributed by atoms with Gasteiger partial charge in [0.15, 0.2) is 0 Å². The standard InChI is InChI=1S/C20H32N2O2/c1-16-3-6-19(24-16)12-22-9-7-20(8-10-22)15-21(2)11-18(20)14-23-13-17-4-5-17/h3,6,17-18H,4-5,7-15H2,1-2H3/t18-/m1/s1. The second-order valence-electron chi connectivity index (χ2n) is 8.53. The van der Waals surface area contributed by atoms with Gasteiger partial charge in [-0.2, -0.15) is 0 Å². The van der Waals surface area contributed by atoms with Crippen molar-refractivity contribution in [3.63, 3.8) is 0 Å². The molecule has 4 nitrogen and oxygen atoms in total. The Hall–Kier alpha value is -0.840. The molecule has 4 rings (SSSR count). The van der Waals surface area contributed by atoms with E-state index >= 15 is 0 Å². The number of likely N-dealkylation sites (tertiary alicyclic amines) is 2. The lowest BCUT2D eigenvalue weighted by Crippen LogP contribution is -2.44. The van der Waals surface area contributed by atoms with Crippen LogP contribution in [0.3, 0.4) is 0 Å². The molecule has 3 heterocycles. The van der Waals surface area contributed by atoms with Gasteiger partial charge >= 0.3 is 0 Å². The highest BCUT2D eigenvalue weighted by molar-refractivity contribution is 5.06. The molecule has 0 amide bonds. The van der Waals surface area contributed by atoms with E-state index in [1.807, 2.05) is 6.92 Å². The Bertz CT molecular complexity index is 544. The van der Waals surface area contributed by atoms with Crippen molar-refractivity contribution in [2.24, 2.45) is 17.3 Å². The smallest absolute Gasteiger partial charge is 0.118 e. The molecule has 134 valence electrons. The van der Waals surface area contributed by atoms with Crippen LogP contribution in [0.15, 0.2) is 16.5 Å². The minimum absolute atomic E-state index is 0.480. The second-order valence-corrected chi connectivity index (χ2v) is 8.53. The molecule has 1 atom stereocenters. The topological polar surface area (TPSA) is 28.9 Å². The lowest BCUT2D eigenvalue weighted by molar-refractivity contribution is 0.0155. The van der Waals surface area contributed by atoms with Crippen molar-refractivity contribution in [3.8, 4) is 0 Å². The highest BCUT2D eigenvalue weighted by Crippen LogP contribution is 2.44. The van der Waals surface area contributed by atoms with E-state index in [1.54, 1.807) is 0 Å². The molecule has 0 bridgehead atoms. The van der Waals surface area contributed by atoms with Crippen LogP contribution in [0.1, 0.15) is 37.2 Å². The van der Waals surface area contributed by atoms with Gasteiger partial charge in [-0.1, -0.05) is 0 Å². The number of ether oxygens (including phenoxy) is 1. The van der Waals surface area contributed by atoms with E-state index in [2.05, 4.69) is 29.0 Å². The first kappa shape index (κ1) is 16.6. The molecule has 2 aliphatic heterocycles. The fourth-order valence-corrected chi connectivity index (χ4v) is 4.71. The number of hydrogen-bond donors (Lipinski definition) is 0. The normalized spacial score (nSPS) is 28.0. The van der Waals surface area contributed by atoms with Gasteiger partial charge in [-0.15, -0.1) is 0 Å². The molecule has 3 fully saturated rings. The molecule has 1 saturated carbocycles. The number of furan rings is 1. The largest absolute Gasteiger partial charge is 0.465 e. The average Bonchev–Trinajstić information content (AvgIpc) is 3.21. The lowest BCUT2D eigenvalue weighted by Gasteiger charge is -2.42. The number of piperidine rings is 1. The van der Waals surface area contributed by atoms with Crippen LogP contribution in [0.4, 0.5) is 0 Å². The minimum atomic E-state index is 0.480. The molecule has 0 radical (unpaired) electrons. The van der Waals surface area contributed by atoms with Crippen molar-refractivity contribution >= 4 is 0 Å². The number of rotatable bonds is 6. The predicted molar refractivity (Wildman–Crippen MR) is 94.9 cm³/mol. The molecule has 24 heavy (non-hydrogen) atoms. The lowest BCUT2D eigenvalue weighted by atomic mass is 9.71. The quantitative estimate of drug-likeness (QED) is 0.800. The van der Waals surface area contributed by atoms with Crippen molar-refractivity contribution < 1.29 is 9.15 Å². The zero-order chi connectivity index (χ0) is 16.6. The Morgan fingerprint density at radius 1 is 1.21 bits per heavy atom. The summed E-state index contributed by atoms with van der Waals surface area (Å²) in [6, 6.07) is 4.19. The summed E-state index contributed by atoms with van der Waals surface area (Å²) in [5.41, 5.74) is 0.480. The van der Waals surface area contributed by atoms with Gasteiger partial charge in [0.25, 0.3) is 0 Å². The fraction of sp³-hybridized carbons (Fsp3) is 0.800. The van der Waals surface area contributed by atoms with Gasteiger partial charge in [-0.25, -0.2) is 0 Å². The summed E-state index contributed by atoms with van der Waals surface area (Å²) in [7, 11) is 2.28.